The number of amides is 2. The van der Waals surface area contributed by atoms with E-state index in [1.54, 1.807) is 38.1 Å². The highest BCUT2D eigenvalue weighted by molar-refractivity contribution is 6.24. The van der Waals surface area contributed by atoms with Gasteiger partial charge in [-0.2, -0.15) is 4.98 Å². The predicted molar refractivity (Wildman–Crippen MR) is 119 cm³/mol. The number of aromatic nitrogens is 3. The van der Waals surface area contributed by atoms with Gasteiger partial charge in [-0.3, -0.25) is 14.5 Å². The van der Waals surface area contributed by atoms with Gasteiger partial charge in [-0.05, 0) is 55.8 Å². The number of anilines is 1. The molecule has 0 bridgehead atoms. The second-order valence-electron chi connectivity index (χ2n) is 7.75. The van der Waals surface area contributed by atoms with Crippen LogP contribution in [0.3, 0.4) is 0 Å². The lowest BCUT2D eigenvalue weighted by Gasteiger charge is -2.14. The molecule has 0 saturated carbocycles. The summed E-state index contributed by atoms with van der Waals surface area (Å²) in [4.78, 5) is 35.8. The van der Waals surface area contributed by atoms with E-state index in [2.05, 4.69) is 15.1 Å². The van der Waals surface area contributed by atoms with Crippen LogP contribution >= 0.6 is 0 Å². The molecule has 5 rings (SSSR count). The first-order valence-electron chi connectivity index (χ1n) is 10.3. The fourth-order valence-electron chi connectivity index (χ4n) is 3.75. The number of benzene rings is 2. The molecule has 1 aliphatic heterocycles. The number of aryl methyl sites for hydroxylation is 2. The van der Waals surface area contributed by atoms with Crippen LogP contribution in [0.5, 0.6) is 11.5 Å². The van der Waals surface area contributed by atoms with E-state index in [9.17, 15) is 14.0 Å². The summed E-state index contributed by atoms with van der Waals surface area (Å²) < 4.78 is 23.9. The van der Waals surface area contributed by atoms with Crippen molar-refractivity contribution in [2.75, 3.05) is 5.73 Å². The Morgan fingerprint density at radius 1 is 0.941 bits per heavy atom. The minimum absolute atomic E-state index is 0.0214. The fourth-order valence-corrected chi connectivity index (χ4v) is 3.75. The highest BCUT2D eigenvalue weighted by Gasteiger charge is 2.40. The van der Waals surface area contributed by atoms with Gasteiger partial charge in [-0.1, -0.05) is 17.3 Å². The molecule has 0 fully saturated rings. The van der Waals surface area contributed by atoms with Crippen LogP contribution < -0.4 is 10.5 Å². The average molecular weight is 459 g/mol. The van der Waals surface area contributed by atoms with Crippen LogP contribution in [0.15, 0.2) is 53.1 Å². The van der Waals surface area contributed by atoms with E-state index >= 15 is 0 Å². The summed E-state index contributed by atoms with van der Waals surface area (Å²) in [5.41, 5.74) is 7.72. The van der Waals surface area contributed by atoms with E-state index in [1.165, 1.54) is 24.3 Å². The van der Waals surface area contributed by atoms with Gasteiger partial charge >= 0.3 is 0 Å². The summed E-state index contributed by atoms with van der Waals surface area (Å²) >= 11 is 0. The Morgan fingerprint density at radius 2 is 1.56 bits per heavy atom. The Bertz CT molecular complexity index is 1430. The molecule has 34 heavy (non-hydrogen) atoms. The van der Waals surface area contributed by atoms with Gasteiger partial charge in [0.05, 0.1) is 29.1 Å². The maximum absolute atomic E-state index is 13.2. The van der Waals surface area contributed by atoms with Gasteiger partial charge in [0.15, 0.2) is 11.5 Å². The number of imide groups is 1. The Kier molecular flexibility index (Phi) is 5.05. The molecule has 2 aromatic heterocycles. The third-order valence-corrected chi connectivity index (χ3v) is 5.38. The number of carbonyl (C=O) groups is 2. The first-order valence-corrected chi connectivity index (χ1v) is 10.3. The van der Waals surface area contributed by atoms with Crippen molar-refractivity contribution in [3.63, 3.8) is 0 Å². The van der Waals surface area contributed by atoms with Gasteiger partial charge in [-0.25, -0.2) is 9.37 Å². The highest BCUT2D eigenvalue weighted by Crippen LogP contribution is 2.36. The van der Waals surface area contributed by atoms with Gasteiger partial charge in [0.2, 0.25) is 0 Å². The molecule has 2 aromatic carbocycles. The molecule has 1 aliphatic rings. The van der Waals surface area contributed by atoms with Crippen LogP contribution in [0.25, 0.3) is 11.6 Å². The minimum Gasteiger partial charge on any atom is -0.457 e. The number of pyridine rings is 1. The smallest absolute Gasteiger partial charge is 0.278 e. The number of rotatable bonds is 5. The molecule has 3 heterocycles. The van der Waals surface area contributed by atoms with Crippen molar-refractivity contribution >= 4 is 17.5 Å². The number of hydrogen-bond donors (Lipinski definition) is 1. The Hall–Kier alpha value is -4.60. The molecule has 0 radical (unpaired) electrons. The zero-order valence-electron chi connectivity index (χ0n) is 18.2. The number of carbonyl (C=O) groups excluding carboxylic acids is 2. The van der Waals surface area contributed by atoms with Gasteiger partial charge in [0.25, 0.3) is 17.7 Å². The minimum atomic E-state index is -0.521. The lowest BCUT2D eigenvalue weighted by atomic mass is 10.0. The quantitative estimate of drug-likeness (QED) is 0.443. The van der Waals surface area contributed by atoms with E-state index in [-0.39, 0.29) is 40.8 Å². The molecule has 4 aromatic rings. The molecule has 0 aliphatic carbocycles. The monoisotopic (exact) mass is 459 g/mol. The second kappa shape index (κ2) is 8.07. The number of nitrogen functional groups attached to an aromatic ring is 1. The summed E-state index contributed by atoms with van der Waals surface area (Å²) in [6, 6.07) is 12.5. The lowest BCUT2D eigenvalue weighted by Crippen LogP contribution is -2.29. The summed E-state index contributed by atoms with van der Waals surface area (Å²) in [6.45, 7) is 3.31. The number of hydrogen-bond acceptors (Lipinski definition) is 8. The zero-order chi connectivity index (χ0) is 24.0. The van der Waals surface area contributed by atoms with Crippen molar-refractivity contribution in [2.45, 2.75) is 20.4 Å². The van der Waals surface area contributed by atoms with Crippen LogP contribution in [-0.4, -0.2) is 31.8 Å². The fraction of sp³-hybridized carbons (Fsp3) is 0.125. The van der Waals surface area contributed by atoms with Gasteiger partial charge < -0.3 is 15.0 Å². The summed E-state index contributed by atoms with van der Waals surface area (Å²) in [6.07, 6.45) is 0. The molecule has 0 spiro atoms. The van der Waals surface area contributed by atoms with E-state index in [0.29, 0.717) is 28.6 Å². The van der Waals surface area contributed by atoms with E-state index in [1.807, 2.05) is 0 Å². The topological polar surface area (TPSA) is 124 Å². The van der Waals surface area contributed by atoms with Crippen molar-refractivity contribution in [1.82, 2.24) is 20.0 Å². The molecule has 9 nitrogen and oxygen atoms in total. The molecular weight excluding hydrogens is 441 g/mol. The van der Waals surface area contributed by atoms with Crippen LogP contribution in [0.1, 0.15) is 37.8 Å². The number of halogens is 1. The second-order valence-corrected chi connectivity index (χ2v) is 7.75. The summed E-state index contributed by atoms with van der Waals surface area (Å²) in [7, 11) is 0. The molecule has 2 amide bonds. The molecule has 0 unspecified atom stereocenters. The molecule has 170 valence electrons. The summed E-state index contributed by atoms with van der Waals surface area (Å²) in [5, 5.41) is 3.73. The van der Waals surface area contributed by atoms with E-state index in [4.69, 9.17) is 15.0 Å². The maximum atomic E-state index is 13.2. The van der Waals surface area contributed by atoms with Crippen molar-refractivity contribution in [2.24, 2.45) is 0 Å². The standard InChI is InChI=1S/C24H18FN5O4/c1-12-18-19(20(26)21(27-12)22-28-13(2)29-34-22)24(32)30(23(18)31)11-14-3-7-16(8-4-14)33-17-9-5-15(25)6-10-17/h3-10H,11,26H2,1-2H3. The summed E-state index contributed by atoms with van der Waals surface area (Å²) in [5.74, 6) is 0.140. The normalized spacial score (nSPS) is 12.9. The number of fused-ring (bicyclic) bond motifs is 1. The van der Waals surface area contributed by atoms with Crippen LogP contribution in [0.4, 0.5) is 10.1 Å². The van der Waals surface area contributed by atoms with Crippen LogP contribution in [-0.2, 0) is 6.54 Å². The van der Waals surface area contributed by atoms with Crippen LogP contribution in [0, 0.1) is 19.7 Å². The van der Waals surface area contributed by atoms with Gasteiger partial charge in [0.1, 0.15) is 17.3 Å². The van der Waals surface area contributed by atoms with Crippen LogP contribution in [0.2, 0.25) is 0 Å². The molecule has 0 saturated heterocycles. The molecule has 0 atom stereocenters. The zero-order valence-corrected chi connectivity index (χ0v) is 18.2. The third-order valence-electron chi connectivity index (χ3n) is 5.38. The largest absolute Gasteiger partial charge is 0.457 e. The third kappa shape index (κ3) is 3.64. The Balaban J connectivity index is 1.39. The van der Waals surface area contributed by atoms with Crippen molar-refractivity contribution in [3.8, 4) is 23.1 Å². The lowest BCUT2D eigenvalue weighted by molar-refractivity contribution is 0.0642. The van der Waals surface area contributed by atoms with Crippen molar-refractivity contribution in [3.05, 3.63) is 82.6 Å². The Labute approximate surface area is 193 Å². The molecular formula is C24H18FN5O4. The van der Waals surface area contributed by atoms with Gasteiger partial charge in [-0.15, -0.1) is 0 Å². The highest BCUT2D eigenvalue weighted by atomic mass is 19.1. The van der Waals surface area contributed by atoms with Crippen molar-refractivity contribution in [1.29, 1.82) is 0 Å². The van der Waals surface area contributed by atoms with E-state index in [0.717, 1.165) is 4.90 Å². The molecule has 10 heteroatoms. The van der Waals surface area contributed by atoms with Crippen molar-refractivity contribution < 1.29 is 23.2 Å². The molecule has 2 N–H and O–H groups in total. The first-order chi connectivity index (χ1) is 16.3. The number of nitrogens with two attached hydrogens (primary N) is 1. The van der Waals surface area contributed by atoms with Gasteiger partial charge in [0, 0.05) is 0 Å². The number of ether oxygens (including phenoxy) is 1. The first kappa shape index (κ1) is 21.3. The maximum Gasteiger partial charge on any atom is 0.278 e. The van der Waals surface area contributed by atoms with E-state index < -0.39 is 11.8 Å². The average Bonchev–Trinajstić information content (AvgIpc) is 3.36. The Morgan fingerprint density at radius 3 is 2.18 bits per heavy atom. The predicted octanol–water partition coefficient (Wildman–Crippen LogP) is 4.06. The number of nitrogens with zero attached hydrogens (tertiary/aromatic N) is 4. The SMILES string of the molecule is Cc1noc(-c2nc(C)c3c(c2N)C(=O)N(Cc2ccc(Oc4ccc(F)cc4)cc2)C3=O)n1.